The molecule has 0 bridgehead atoms. The molecule has 2 rings (SSSR count). The smallest absolute Gasteiger partial charge is 0.258 e. The lowest BCUT2D eigenvalue weighted by Gasteiger charge is -2.14. The monoisotopic (exact) mass is 284 g/mol. The highest BCUT2D eigenvalue weighted by Crippen LogP contribution is 2.34. The van der Waals surface area contributed by atoms with E-state index in [1.165, 1.54) is 24.5 Å². The van der Waals surface area contributed by atoms with Gasteiger partial charge in [-0.3, -0.25) is 10.1 Å². The maximum absolute atomic E-state index is 11.8. The summed E-state index contributed by atoms with van der Waals surface area (Å²) in [7, 11) is -0.269. The van der Waals surface area contributed by atoms with Crippen LogP contribution in [0.3, 0.4) is 0 Å². The molecule has 0 radical (unpaired) electrons. The van der Waals surface area contributed by atoms with Gasteiger partial charge in [0.25, 0.3) is 5.69 Å². The van der Waals surface area contributed by atoms with Crippen molar-refractivity contribution in [1.29, 1.82) is 0 Å². The van der Waals surface area contributed by atoms with Crippen molar-refractivity contribution < 1.29 is 13.3 Å². The van der Waals surface area contributed by atoms with Gasteiger partial charge in [-0.1, -0.05) is 12.1 Å². The second kappa shape index (κ2) is 4.90. The van der Waals surface area contributed by atoms with E-state index >= 15 is 0 Å². The normalized spacial score (nSPS) is 18.6. The lowest BCUT2D eigenvalue weighted by Crippen LogP contribution is -2.29. The molecule has 0 amide bonds. The van der Waals surface area contributed by atoms with Gasteiger partial charge in [-0.2, -0.15) is 0 Å². The summed E-state index contributed by atoms with van der Waals surface area (Å²) in [6.07, 6.45) is 1.05. The van der Waals surface area contributed by atoms with Gasteiger partial charge in [0.05, 0.1) is 10.7 Å². The number of nitro benzene ring substituents is 1. The largest absolute Gasteiger partial charge is 0.272 e. The molecule has 0 aromatic heterocycles. The number of nitrogens with zero attached hydrogens (tertiary/aromatic N) is 2. The third-order valence-electron chi connectivity index (χ3n) is 3.45. The Balaban J connectivity index is 2.22. The van der Waals surface area contributed by atoms with E-state index in [9.17, 15) is 18.5 Å². The molecule has 0 saturated carbocycles. The third kappa shape index (κ3) is 2.76. The molecule has 1 aromatic rings. The van der Waals surface area contributed by atoms with Gasteiger partial charge in [0, 0.05) is 25.7 Å². The lowest BCUT2D eigenvalue weighted by molar-refractivity contribution is -0.385. The van der Waals surface area contributed by atoms with E-state index in [2.05, 4.69) is 0 Å². The van der Waals surface area contributed by atoms with Crippen LogP contribution in [0.15, 0.2) is 18.2 Å². The second-order valence-electron chi connectivity index (χ2n) is 5.01. The molecule has 1 aromatic carbocycles. The van der Waals surface area contributed by atoms with E-state index in [1.807, 2.05) is 6.07 Å². The fourth-order valence-electron chi connectivity index (χ4n) is 2.46. The third-order valence-corrected chi connectivity index (χ3v) is 5.45. The van der Waals surface area contributed by atoms with Gasteiger partial charge in [0.2, 0.25) is 10.0 Å². The number of hydrogen-bond acceptors (Lipinski definition) is 4. The van der Waals surface area contributed by atoms with Crippen LogP contribution in [0, 0.1) is 16.0 Å². The molecule has 0 fully saturated rings. The highest BCUT2D eigenvalue weighted by molar-refractivity contribution is 7.89. The molecular weight excluding hydrogens is 268 g/mol. The van der Waals surface area contributed by atoms with Crippen molar-refractivity contribution in [3.63, 3.8) is 0 Å². The average Bonchev–Trinajstić information content (AvgIpc) is 2.69. The number of nitro groups is 1. The SMILES string of the molecule is CN(C)S(=O)(=O)CC1Cc2cccc([N+](=O)[O-])c2C1. The van der Waals surface area contributed by atoms with Crippen molar-refractivity contribution in [1.82, 2.24) is 4.31 Å². The summed E-state index contributed by atoms with van der Waals surface area (Å²) < 4.78 is 24.9. The molecule has 1 unspecified atom stereocenters. The summed E-state index contributed by atoms with van der Waals surface area (Å²) in [5, 5.41) is 10.9. The van der Waals surface area contributed by atoms with Crippen LogP contribution in [-0.4, -0.2) is 37.5 Å². The van der Waals surface area contributed by atoms with Crippen LogP contribution in [0.25, 0.3) is 0 Å². The van der Waals surface area contributed by atoms with Crippen LogP contribution in [-0.2, 0) is 22.9 Å². The van der Waals surface area contributed by atoms with E-state index in [1.54, 1.807) is 6.07 Å². The molecule has 6 nitrogen and oxygen atoms in total. The minimum absolute atomic E-state index is 0.0336. The first-order chi connectivity index (χ1) is 8.81. The minimum atomic E-state index is -3.27. The number of hydrogen-bond donors (Lipinski definition) is 0. The number of fused-ring (bicyclic) bond motifs is 1. The molecule has 0 saturated heterocycles. The van der Waals surface area contributed by atoms with E-state index in [0.717, 1.165) is 5.56 Å². The van der Waals surface area contributed by atoms with Gasteiger partial charge in [0.1, 0.15) is 0 Å². The summed E-state index contributed by atoms with van der Waals surface area (Å²) >= 11 is 0. The summed E-state index contributed by atoms with van der Waals surface area (Å²) in [5.74, 6) is -0.0465. The molecule has 1 aliphatic rings. The van der Waals surface area contributed by atoms with Crippen LogP contribution in [0.1, 0.15) is 11.1 Å². The Bertz CT molecular complexity index is 610. The highest BCUT2D eigenvalue weighted by Gasteiger charge is 2.31. The standard InChI is InChI=1S/C12H16N2O4S/c1-13(2)19(17,18)8-9-6-10-4-3-5-12(14(15)16)11(10)7-9/h3-5,9H,6-8H2,1-2H3. The van der Waals surface area contributed by atoms with E-state index in [0.29, 0.717) is 18.4 Å². The Morgan fingerprint density at radius 3 is 2.63 bits per heavy atom. The first kappa shape index (κ1) is 14.0. The van der Waals surface area contributed by atoms with Crippen LogP contribution in [0.5, 0.6) is 0 Å². The van der Waals surface area contributed by atoms with Crippen LogP contribution in [0.4, 0.5) is 5.69 Å². The Morgan fingerprint density at radius 1 is 1.37 bits per heavy atom. The summed E-state index contributed by atoms with van der Waals surface area (Å²) in [5.41, 5.74) is 1.68. The van der Waals surface area contributed by atoms with Crippen LogP contribution < -0.4 is 0 Å². The van der Waals surface area contributed by atoms with Crippen molar-refractivity contribution in [3.05, 3.63) is 39.4 Å². The van der Waals surface area contributed by atoms with Gasteiger partial charge in [0.15, 0.2) is 0 Å². The molecule has 0 spiro atoms. The van der Waals surface area contributed by atoms with Crippen molar-refractivity contribution in [2.45, 2.75) is 12.8 Å². The Hall–Kier alpha value is -1.47. The van der Waals surface area contributed by atoms with Gasteiger partial charge < -0.3 is 0 Å². The fraction of sp³-hybridized carbons (Fsp3) is 0.500. The molecule has 19 heavy (non-hydrogen) atoms. The van der Waals surface area contributed by atoms with Crippen LogP contribution >= 0.6 is 0 Å². The Kier molecular flexibility index (Phi) is 3.60. The maximum atomic E-state index is 11.8. The molecule has 0 heterocycles. The van der Waals surface area contributed by atoms with E-state index in [4.69, 9.17) is 0 Å². The zero-order valence-electron chi connectivity index (χ0n) is 10.9. The topological polar surface area (TPSA) is 80.5 Å². The minimum Gasteiger partial charge on any atom is -0.258 e. The van der Waals surface area contributed by atoms with Crippen LogP contribution in [0.2, 0.25) is 0 Å². The number of rotatable bonds is 4. The molecule has 1 aliphatic carbocycles. The van der Waals surface area contributed by atoms with Gasteiger partial charge >= 0.3 is 0 Å². The fourth-order valence-corrected chi connectivity index (χ4v) is 3.59. The molecule has 0 aliphatic heterocycles. The van der Waals surface area contributed by atoms with Gasteiger partial charge in [-0.05, 0) is 24.3 Å². The number of sulfonamides is 1. The maximum Gasteiger partial charge on any atom is 0.272 e. The van der Waals surface area contributed by atoms with Gasteiger partial charge in [-0.15, -0.1) is 0 Å². The summed E-state index contributed by atoms with van der Waals surface area (Å²) in [4.78, 5) is 10.5. The Morgan fingerprint density at radius 2 is 2.05 bits per heavy atom. The van der Waals surface area contributed by atoms with Crippen molar-refractivity contribution in [2.75, 3.05) is 19.8 Å². The molecule has 104 valence electrons. The zero-order valence-corrected chi connectivity index (χ0v) is 11.7. The van der Waals surface area contributed by atoms with Crippen molar-refractivity contribution >= 4 is 15.7 Å². The predicted molar refractivity (Wildman–Crippen MR) is 71.5 cm³/mol. The average molecular weight is 284 g/mol. The van der Waals surface area contributed by atoms with Crippen molar-refractivity contribution in [2.24, 2.45) is 5.92 Å². The second-order valence-corrected chi connectivity index (χ2v) is 7.23. The first-order valence-electron chi connectivity index (χ1n) is 5.96. The van der Waals surface area contributed by atoms with E-state index < -0.39 is 14.9 Å². The summed E-state index contributed by atoms with van der Waals surface area (Å²) in [6.45, 7) is 0. The Labute approximate surface area is 112 Å². The van der Waals surface area contributed by atoms with Crippen molar-refractivity contribution in [3.8, 4) is 0 Å². The summed E-state index contributed by atoms with van der Waals surface area (Å²) in [6, 6.07) is 4.96. The number of benzene rings is 1. The van der Waals surface area contributed by atoms with E-state index in [-0.39, 0.29) is 17.4 Å². The zero-order chi connectivity index (χ0) is 14.2. The lowest BCUT2D eigenvalue weighted by atomic mass is 10.1. The highest BCUT2D eigenvalue weighted by atomic mass is 32.2. The molecule has 1 atom stereocenters. The molecular formula is C12H16N2O4S. The predicted octanol–water partition coefficient (Wildman–Crippen LogP) is 1.20. The molecule has 7 heteroatoms. The van der Waals surface area contributed by atoms with Gasteiger partial charge in [-0.25, -0.2) is 12.7 Å². The first-order valence-corrected chi connectivity index (χ1v) is 7.57. The quantitative estimate of drug-likeness (QED) is 0.614. The molecule has 0 N–H and O–H groups in total.